The first-order valence-corrected chi connectivity index (χ1v) is 10.6. The minimum Gasteiger partial charge on any atom is -0.383 e. The first-order valence-electron chi connectivity index (χ1n) is 10.2. The summed E-state index contributed by atoms with van der Waals surface area (Å²) in [7, 11) is 5.77. The van der Waals surface area contributed by atoms with Crippen molar-refractivity contribution in [2.45, 2.75) is 6.54 Å². The molecule has 1 N–H and O–H groups in total. The van der Waals surface area contributed by atoms with Gasteiger partial charge in [-0.15, -0.1) is 0 Å². The van der Waals surface area contributed by atoms with Crippen molar-refractivity contribution in [2.24, 2.45) is 0 Å². The lowest BCUT2D eigenvalue weighted by Crippen LogP contribution is -2.43. The van der Waals surface area contributed by atoms with Gasteiger partial charge in [-0.2, -0.15) is 0 Å². The van der Waals surface area contributed by atoms with Crippen molar-refractivity contribution in [1.82, 2.24) is 24.7 Å². The zero-order valence-electron chi connectivity index (χ0n) is 18.4. The maximum absolute atomic E-state index is 13.5. The summed E-state index contributed by atoms with van der Waals surface area (Å²) >= 11 is 5.52. The van der Waals surface area contributed by atoms with Gasteiger partial charge in [0.1, 0.15) is 11.6 Å². The van der Waals surface area contributed by atoms with Crippen LogP contribution in [0.4, 0.5) is 4.39 Å². The second-order valence-corrected chi connectivity index (χ2v) is 7.60. The van der Waals surface area contributed by atoms with E-state index in [0.29, 0.717) is 17.9 Å². The van der Waals surface area contributed by atoms with Gasteiger partial charge < -0.3 is 15.0 Å². The molecule has 1 aliphatic rings. The van der Waals surface area contributed by atoms with E-state index in [1.165, 1.54) is 22.2 Å². The molecule has 0 atom stereocenters. The molecule has 0 saturated carbocycles. The number of rotatable bonds is 7. The minimum atomic E-state index is -0.451. The largest absolute Gasteiger partial charge is 0.383 e. The molecule has 9 heteroatoms. The highest BCUT2D eigenvalue weighted by Crippen LogP contribution is 2.12. The lowest BCUT2D eigenvalue weighted by molar-refractivity contribution is 0.172. The molecule has 0 radical (unpaired) electrons. The van der Waals surface area contributed by atoms with Crippen molar-refractivity contribution in [3.8, 4) is 0 Å². The number of aromatic nitrogens is 2. The zero-order chi connectivity index (χ0) is 22.6. The van der Waals surface area contributed by atoms with Crippen molar-refractivity contribution in [3.63, 3.8) is 0 Å². The normalized spacial score (nSPS) is 15.2. The van der Waals surface area contributed by atoms with E-state index in [4.69, 9.17) is 16.3 Å². The van der Waals surface area contributed by atoms with Gasteiger partial charge in [-0.05, 0) is 44.4 Å². The lowest BCUT2D eigenvalue weighted by Gasteiger charge is -2.27. The van der Waals surface area contributed by atoms with Gasteiger partial charge in [-0.3, -0.25) is 14.3 Å². The van der Waals surface area contributed by atoms with Gasteiger partial charge in [0.15, 0.2) is 0 Å². The zero-order valence-corrected chi connectivity index (χ0v) is 19.1. The number of allylic oxidation sites excluding steroid dienone is 2. The molecular formula is C22H31ClFN5O2. The molecule has 2 aromatic rings. The van der Waals surface area contributed by atoms with Gasteiger partial charge in [0.25, 0.3) is 5.56 Å². The Hall–Kier alpha value is -2.10. The molecule has 2 heterocycles. The number of methoxy groups -OCH3 is 1. The summed E-state index contributed by atoms with van der Waals surface area (Å²) in [6.07, 6.45) is 4.87. The molecule has 1 aromatic heterocycles. The molecule has 1 saturated heterocycles. The SMILES string of the molecule is COCCN(C)C.O=c1c2cc(F)ccc2nc(CN2CCNCC2)n1/C=C/C=C/Cl. The fourth-order valence-electron chi connectivity index (χ4n) is 3.00. The number of ether oxygens (including phenoxy) is 1. The van der Waals surface area contributed by atoms with Crippen LogP contribution in [0, 0.1) is 5.82 Å². The highest BCUT2D eigenvalue weighted by Gasteiger charge is 2.15. The quantitative estimate of drug-likeness (QED) is 0.652. The van der Waals surface area contributed by atoms with Crippen LogP contribution in [-0.2, 0) is 11.3 Å². The van der Waals surface area contributed by atoms with Crippen molar-refractivity contribution in [3.05, 3.63) is 57.9 Å². The molecular weight excluding hydrogens is 421 g/mol. The van der Waals surface area contributed by atoms with Gasteiger partial charge in [0.05, 0.1) is 24.1 Å². The Bertz CT molecular complexity index is 939. The van der Waals surface area contributed by atoms with Crippen molar-refractivity contribution < 1.29 is 9.13 Å². The summed E-state index contributed by atoms with van der Waals surface area (Å²) in [5, 5.41) is 3.56. The van der Waals surface area contributed by atoms with E-state index >= 15 is 0 Å². The van der Waals surface area contributed by atoms with E-state index in [1.807, 2.05) is 14.1 Å². The van der Waals surface area contributed by atoms with Crippen LogP contribution in [0.3, 0.4) is 0 Å². The number of halogens is 2. The van der Waals surface area contributed by atoms with Gasteiger partial charge in [-0.25, -0.2) is 9.37 Å². The third kappa shape index (κ3) is 8.16. The second-order valence-electron chi connectivity index (χ2n) is 7.35. The summed E-state index contributed by atoms with van der Waals surface area (Å²) in [6, 6.07) is 4.08. The van der Waals surface area contributed by atoms with Crippen LogP contribution in [0.1, 0.15) is 5.82 Å². The number of piperazine rings is 1. The Kier molecular flexibility index (Phi) is 10.8. The standard InChI is InChI=1S/C17H18ClFN4O.C5H13NO/c18-5-1-2-8-23-16(12-22-9-6-20-7-10-22)21-15-4-3-13(19)11-14(15)17(23)24;1-6(2)4-5-7-3/h1-5,8,11,20H,6-7,9-10,12H2;4-5H2,1-3H3/b5-1+,8-2+;. The molecule has 0 unspecified atom stereocenters. The summed E-state index contributed by atoms with van der Waals surface area (Å²) in [5.74, 6) is 0.174. The average molecular weight is 452 g/mol. The molecule has 1 aliphatic heterocycles. The highest BCUT2D eigenvalue weighted by atomic mass is 35.5. The van der Waals surface area contributed by atoms with Crippen LogP contribution in [-0.4, -0.2) is 79.9 Å². The third-order valence-corrected chi connectivity index (χ3v) is 4.82. The first-order chi connectivity index (χ1) is 15.0. The summed E-state index contributed by atoms with van der Waals surface area (Å²) < 4.78 is 19.8. The van der Waals surface area contributed by atoms with E-state index < -0.39 is 5.82 Å². The van der Waals surface area contributed by atoms with Crippen LogP contribution >= 0.6 is 11.6 Å². The van der Waals surface area contributed by atoms with E-state index in [0.717, 1.165) is 39.3 Å². The van der Waals surface area contributed by atoms with E-state index in [1.54, 1.807) is 31.5 Å². The Morgan fingerprint density at radius 1 is 1.29 bits per heavy atom. The van der Waals surface area contributed by atoms with Crippen molar-refractivity contribution >= 4 is 28.7 Å². The number of hydrogen-bond donors (Lipinski definition) is 1. The Balaban J connectivity index is 0.000000423. The van der Waals surface area contributed by atoms with E-state index in [-0.39, 0.29) is 10.9 Å². The molecule has 170 valence electrons. The maximum Gasteiger partial charge on any atom is 0.265 e. The molecule has 1 aromatic carbocycles. The Morgan fingerprint density at radius 3 is 2.65 bits per heavy atom. The van der Waals surface area contributed by atoms with Gasteiger partial charge in [0, 0.05) is 51.6 Å². The number of nitrogens with one attached hydrogen (secondary N) is 1. The number of hydrogen-bond acceptors (Lipinski definition) is 6. The second kappa shape index (κ2) is 13.3. The smallest absolute Gasteiger partial charge is 0.265 e. The predicted molar refractivity (Wildman–Crippen MR) is 125 cm³/mol. The van der Waals surface area contributed by atoms with Gasteiger partial charge in [0.2, 0.25) is 0 Å². The number of nitrogens with zero attached hydrogens (tertiary/aromatic N) is 4. The number of fused-ring (bicyclic) bond motifs is 1. The minimum absolute atomic E-state index is 0.263. The topological polar surface area (TPSA) is 62.6 Å². The molecule has 0 bridgehead atoms. The summed E-state index contributed by atoms with van der Waals surface area (Å²) in [4.78, 5) is 21.6. The molecule has 0 amide bonds. The van der Waals surface area contributed by atoms with Crippen molar-refractivity contribution in [1.29, 1.82) is 0 Å². The van der Waals surface area contributed by atoms with Crippen LogP contribution < -0.4 is 10.9 Å². The molecule has 1 fully saturated rings. The average Bonchev–Trinajstić information content (AvgIpc) is 2.76. The molecule has 31 heavy (non-hydrogen) atoms. The molecule has 0 spiro atoms. The summed E-state index contributed by atoms with van der Waals surface area (Å²) in [5.41, 5.74) is 1.57. The molecule has 0 aliphatic carbocycles. The van der Waals surface area contributed by atoms with Gasteiger partial charge >= 0.3 is 0 Å². The van der Waals surface area contributed by atoms with Crippen molar-refractivity contribution in [2.75, 3.05) is 60.5 Å². The maximum atomic E-state index is 13.5. The van der Waals surface area contributed by atoms with Crippen LogP contribution in [0.25, 0.3) is 17.1 Å². The van der Waals surface area contributed by atoms with Gasteiger partial charge in [-0.1, -0.05) is 11.6 Å². The first kappa shape index (κ1) is 25.2. The number of benzene rings is 1. The fraction of sp³-hybridized carbons (Fsp3) is 0.455. The molecule has 3 rings (SSSR count). The Morgan fingerprint density at radius 2 is 2.03 bits per heavy atom. The third-order valence-electron chi connectivity index (χ3n) is 4.67. The predicted octanol–water partition coefficient (Wildman–Crippen LogP) is 2.36. The van der Waals surface area contributed by atoms with E-state index in [2.05, 4.69) is 20.1 Å². The lowest BCUT2D eigenvalue weighted by atomic mass is 10.2. The number of likely N-dealkylation sites (N-methyl/N-ethyl adjacent to an activating group) is 1. The van der Waals surface area contributed by atoms with Crippen LogP contribution in [0.5, 0.6) is 0 Å². The monoisotopic (exact) mass is 451 g/mol. The fourth-order valence-corrected chi connectivity index (χ4v) is 3.09. The van der Waals surface area contributed by atoms with E-state index in [9.17, 15) is 9.18 Å². The van der Waals surface area contributed by atoms with Crippen LogP contribution in [0.15, 0.2) is 40.7 Å². The highest BCUT2D eigenvalue weighted by molar-refractivity contribution is 6.25. The Labute approximate surface area is 187 Å². The molecule has 7 nitrogen and oxygen atoms in total. The summed E-state index contributed by atoms with van der Waals surface area (Å²) in [6.45, 7) is 6.00. The van der Waals surface area contributed by atoms with Crippen LogP contribution in [0.2, 0.25) is 0 Å².